The molecule has 0 spiro atoms. The molecule has 1 aliphatic carbocycles. The van der Waals surface area contributed by atoms with Crippen LogP contribution in [0, 0.1) is 11.7 Å². The molecule has 1 fully saturated rings. The Morgan fingerprint density at radius 2 is 2.04 bits per heavy atom. The van der Waals surface area contributed by atoms with Gasteiger partial charge in [-0.1, -0.05) is 18.6 Å². The fourth-order valence-electron chi connectivity index (χ4n) is 3.42. The SMILES string of the molecule is O=C(NCc1cn2c(n1)CN(Cc1ccc(F)cc1)CC2)C1CCC1. The third-order valence-electron chi connectivity index (χ3n) is 5.17. The molecule has 0 bridgehead atoms. The van der Waals surface area contributed by atoms with Crippen LogP contribution in [0.15, 0.2) is 30.5 Å². The Bertz CT molecular complexity index is 751. The highest BCUT2D eigenvalue weighted by atomic mass is 19.1. The van der Waals surface area contributed by atoms with Gasteiger partial charge < -0.3 is 9.88 Å². The predicted molar refractivity (Wildman–Crippen MR) is 91.9 cm³/mol. The molecular weight excluding hydrogens is 319 g/mol. The molecule has 132 valence electrons. The smallest absolute Gasteiger partial charge is 0.223 e. The first-order chi connectivity index (χ1) is 12.2. The summed E-state index contributed by atoms with van der Waals surface area (Å²) in [5, 5.41) is 3.00. The lowest BCUT2D eigenvalue weighted by atomic mass is 9.85. The Labute approximate surface area is 146 Å². The van der Waals surface area contributed by atoms with Gasteiger partial charge >= 0.3 is 0 Å². The largest absolute Gasteiger partial charge is 0.350 e. The minimum absolute atomic E-state index is 0.162. The van der Waals surface area contributed by atoms with E-state index in [0.717, 1.165) is 56.1 Å². The van der Waals surface area contributed by atoms with Crippen molar-refractivity contribution in [3.63, 3.8) is 0 Å². The summed E-state index contributed by atoms with van der Waals surface area (Å²) in [6.07, 6.45) is 5.25. The van der Waals surface area contributed by atoms with Crippen molar-refractivity contribution in [1.82, 2.24) is 19.8 Å². The van der Waals surface area contributed by atoms with Gasteiger partial charge in [0.05, 0.1) is 18.8 Å². The van der Waals surface area contributed by atoms with Gasteiger partial charge in [-0.2, -0.15) is 0 Å². The Morgan fingerprint density at radius 1 is 1.24 bits per heavy atom. The van der Waals surface area contributed by atoms with Crippen LogP contribution in [-0.2, 0) is 31.0 Å². The van der Waals surface area contributed by atoms with Crippen molar-refractivity contribution in [3.05, 3.63) is 53.4 Å². The highest BCUT2D eigenvalue weighted by molar-refractivity contribution is 5.79. The summed E-state index contributed by atoms with van der Waals surface area (Å²) in [6, 6.07) is 6.67. The first-order valence-corrected chi connectivity index (χ1v) is 8.97. The maximum atomic E-state index is 13.0. The van der Waals surface area contributed by atoms with Gasteiger partial charge in [0, 0.05) is 31.7 Å². The summed E-state index contributed by atoms with van der Waals surface area (Å²) in [6.45, 7) is 3.90. The zero-order chi connectivity index (χ0) is 17.2. The van der Waals surface area contributed by atoms with Gasteiger partial charge in [-0.25, -0.2) is 9.37 Å². The van der Waals surface area contributed by atoms with Crippen molar-refractivity contribution in [1.29, 1.82) is 0 Å². The third kappa shape index (κ3) is 3.74. The molecule has 0 unspecified atom stereocenters. The fraction of sp³-hybridized carbons (Fsp3) is 0.474. The van der Waals surface area contributed by atoms with E-state index in [1.165, 1.54) is 18.6 Å². The zero-order valence-electron chi connectivity index (χ0n) is 14.2. The fourth-order valence-corrected chi connectivity index (χ4v) is 3.42. The summed E-state index contributed by atoms with van der Waals surface area (Å²) < 4.78 is 15.2. The Hall–Kier alpha value is -2.21. The molecule has 2 aromatic rings. The predicted octanol–water partition coefficient (Wildman–Crippen LogP) is 2.45. The number of rotatable bonds is 5. The highest BCUT2D eigenvalue weighted by Crippen LogP contribution is 2.26. The molecule has 1 amide bonds. The maximum absolute atomic E-state index is 13.0. The number of benzene rings is 1. The topological polar surface area (TPSA) is 50.2 Å². The summed E-state index contributed by atoms with van der Waals surface area (Å²) in [5.41, 5.74) is 2.03. The summed E-state index contributed by atoms with van der Waals surface area (Å²) in [7, 11) is 0. The molecule has 4 rings (SSSR count). The second-order valence-electron chi connectivity index (χ2n) is 7.02. The van der Waals surface area contributed by atoms with E-state index in [1.807, 2.05) is 18.3 Å². The van der Waals surface area contributed by atoms with Gasteiger partial charge in [0.25, 0.3) is 0 Å². The lowest BCUT2D eigenvalue weighted by Gasteiger charge is -2.27. The number of hydrogen-bond donors (Lipinski definition) is 1. The number of amides is 1. The van der Waals surface area contributed by atoms with E-state index in [-0.39, 0.29) is 17.6 Å². The number of imidazole rings is 1. The molecule has 2 heterocycles. The molecule has 25 heavy (non-hydrogen) atoms. The van der Waals surface area contributed by atoms with E-state index in [1.54, 1.807) is 0 Å². The van der Waals surface area contributed by atoms with Crippen molar-refractivity contribution < 1.29 is 9.18 Å². The van der Waals surface area contributed by atoms with Crippen LogP contribution >= 0.6 is 0 Å². The van der Waals surface area contributed by atoms with Gasteiger partial charge in [-0.3, -0.25) is 9.69 Å². The summed E-state index contributed by atoms with van der Waals surface area (Å²) >= 11 is 0. The van der Waals surface area contributed by atoms with E-state index in [0.29, 0.717) is 6.54 Å². The van der Waals surface area contributed by atoms with E-state index < -0.39 is 0 Å². The van der Waals surface area contributed by atoms with Crippen molar-refractivity contribution in [2.24, 2.45) is 5.92 Å². The van der Waals surface area contributed by atoms with Crippen LogP contribution in [-0.4, -0.2) is 26.9 Å². The molecule has 1 N–H and O–H groups in total. The molecule has 6 heteroatoms. The molecule has 1 aromatic carbocycles. The zero-order valence-corrected chi connectivity index (χ0v) is 14.2. The normalized spacial score (nSPS) is 17.8. The first kappa shape index (κ1) is 16.3. The molecular formula is C19H23FN4O. The number of nitrogens with zero attached hydrogens (tertiary/aromatic N) is 3. The van der Waals surface area contributed by atoms with Crippen molar-refractivity contribution in [2.45, 2.75) is 45.4 Å². The van der Waals surface area contributed by atoms with E-state index in [9.17, 15) is 9.18 Å². The van der Waals surface area contributed by atoms with Gasteiger partial charge in [-0.05, 0) is 30.5 Å². The van der Waals surface area contributed by atoms with Gasteiger partial charge in [0.15, 0.2) is 0 Å². The third-order valence-corrected chi connectivity index (χ3v) is 5.17. The lowest BCUT2D eigenvalue weighted by Crippen LogP contribution is -2.34. The molecule has 5 nitrogen and oxygen atoms in total. The Balaban J connectivity index is 1.34. The van der Waals surface area contributed by atoms with Crippen molar-refractivity contribution in [2.75, 3.05) is 6.54 Å². The minimum Gasteiger partial charge on any atom is -0.350 e. The second kappa shape index (κ2) is 6.96. The highest BCUT2D eigenvalue weighted by Gasteiger charge is 2.25. The van der Waals surface area contributed by atoms with Crippen LogP contribution < -0.4 is 5.32 Å². The maximum Gasteiger partial charge on any atom is 0.223 e. The number of carbonyl (C=O) groups excluding carboxylic acids is 1. The van der Waals surface area contributed by atoms with Gasteiger partial charge in [0.2, 0.25) is 5.91 Å². The van der Waals surface area contributed by atoms with Crippen LogP contribution in [0.5, 0.6) is 0 Å². The average molecular weight is 342 g/mol. The van der Waals surface area contributed by atoms with Crippen LogP contribution in [0.1, 0.15) is 36.3 Å². The molecule has 0 atom stereocenters. The Kier molecular flexibility index (Phi) is 4.53. The minimum atomic E-state index is -0.202. The van der Waals surface area contributed by atoms with Crippen LogP contribution in [0.2, 0.25) is 0 Å². The van der Waals surface area contributed by atoms with E-state index in [2.05, 4.69) is 19.8 Å². The van der Waals surface area contributed by atoms with Gasteiger partial charge in [-0.15, -0.1) is 0 Å². The van der Waals surface area contributed by atoms with Gasteiger partial charge in [0.1, 0.15) is 11.6 Å². The van der Waals surface area contributed by atoms with Crippen LogP contribution in [0.3, 0.4) is 0 Å². The number of halogens is 1. The number of carbonyl (C=O) groups is 1. The molecule has 1 aliphatic heterocycles. The quantitative estimate of drug-likeness (QED) is 0.908. The van der Waals surface area contributed by atoms with Crippen molar-refractivity contribution >= 4 is 5.91 Å². The molecule has 0 radical (unpaired) electrons. The average Bonchev–Trinajstić information content (AvgIpc) is 2.96. The monoisotopic (exact) mass is 342 g/mol. The van der Waals surface area contributed by atoms with E-state index >= 15 is 0 Å². The number of hydrogen-bond acceptors (Lipinski definition) is 3. The molecule has 2 aliphatic rings. The first-order valence-electron chi connectivity index (χ1n) is 8.97. The van der Waals surface area contributed by atoms with Crippen LogP contribution in [0.4, 0.5) is 4.39 Å². The Morgan fingerprint density at radius 3 is 2.76 bits per heavy atom. The standard InChI is InChI=1S/C19H23FN4O/c20-16-6-4-14(5-7-16)11-23-8-9-24-12-17(22-18(24)13-23)10-21-19(25)15-2-1-3-15/h4-7,12,15H,1-3,8-11,13H2,(H,21,25). The summed E-state index contributed by atoms with van der Waals surface area (Å²) in [4.78, 5) is 18.9. The second-order valence-corrected chi connectivity index (χ2v) is 7.02. The number of aromatic nitrogens is 2. The molecule has 0 saturated heterocycles. The lowest BCUT2D eigenvalue weighted by molar-refractivity contribution is -0.127. The molecule has 1 saturated carbocycles. The molecule has 1 aromatic heterocycles. The number of fused-ring (bicyclic) bond motifs is 1. The number of nitrogens with one attached hydrogen (secondary N) is 1. The van der Waals surface area contributed by atoms with Crippen molar-refractivity contribution in [3.8, 4) is 0 Å². The van der Waals surface area contributed by atoms with E-state index in [4.69, 9.17) is 0 Å². The summed E-state index contributed by atoms with van der Waals surface area (Å²) in [5.74, 6) is 1.20. The van der Waals surface area contributed by atoms with Crippen LogP contribution in [0.25, 0.3) is 0 Å².